The molecule has 3 rings (SSSR count). The first-order valence-corrected chi connectivity index (χ1v) is 21.5. The molecule has 0 amide bonds. The summed E-state index contributed by atoms with van der Waals surface area (Å²) in [6, 6.07) is 0. The van der Waals surface area contributed by atoms with E-state index in [0.29, 0.717) is 23.7 Å². The zero-order valence-corrected chi connectivity index (χ0v) is 28.7. The fourth-order valence-electron chi connectivity index (χ4n) is 6.45. The van der Waals surface area contributed by atoms with Crippen LogP contribution in [0.2, 0.25) is 36.3 Å². The Kier molecular flexibility index (Phi) is 10.3. The average Bonchev–Trinajstić information content (AvgIpc) is 3.33. The van der Waals surface area contributed by atoms with Crippen LogP contribution in [0.1, 0.15) is 99.8 Å². The topological polar surface area (TPSA) is 38.7 Å². The van der Waals surface area contributed by atoms with Gasteiger partial charge in [0.15, 0.2) is 16.6 Å². The standard InChI is InChI=1S/C33H60O3Si2/c1-24-26(18-14-15-23-34)27-19-22-30(36-38(10,11)33(5,6)7)28(31(24)27)20-21-29(25-16-12-13-17-25)35-37(8,9)32(2,3)4/h18,24-25,27-31,34H,12-17,19,22-23H2,1-11H3/b26-18-/t24?,27-,28+,29?,30-,31+/m1/s1. The second kappa shape index (κ2) is 12.2. The highest BCUT2D eigenvalue weighted by Gasteiger charge is 2.53. The molecule has 3 nitrogen and oxygen atoms in total. The largest absolute Gasteiger partial charge is 0.413 e. The van der Waals surface area contributed by atoms with Gasteiger partial charge >= 0.3 is 0 Å². The molecule has 1 N–H and O–H groups in total. The van der Waals surface area contributed by atoms with Gasteiger partial charge in [-0.05, 0) is 98.5 Å². The molecule has 0 radical (unpaired) electrons. The van der Waals surface area contributed by atoms with Gasteiger partial charge in [-0.2, -0.15) is 0 Å². The first-order valence-electron chi connectivity index (χ1n) is 15.7. The van der Waals surface area contributed by atoms with E-state index in [-0.39, 0.29) is 34.8 Å². The third-order valence-electron chi connectivity index (χ3n) is 11.0. The number of allylic oxidation sites excluding steroid dienone is 2. The maximum atomic E-state index is 9.29. The maximum absolute atomic E-state index is 9.29. The molecule has 3 aliphatic rings. The van der Waals surface area contributed by atoms with Crippen molar-refractivity contribution in [3.05, 3.63) is 11.6 Å². The van der Waals surface area contributed by atoms with Gasteiger partial charge in [-0.15, -0.1) is 0 Å². The molecule has 0 aromatic carbocycles. The van der Waals surface area contributed by atoms with Gasteiger partial charge in [0.05, 0.1) is 6.10 Å². The number of rotatable bonds is 8. The molecule has 0 saturated heterocycles. The second-order valence-electron chi connectivity index (χ2n) is 15.7. The van der Waals surface area contributed by atoms with Crippen LogP contribution in [0.4, 0.5) is 0 Å². The lowest BCUT2D eigenvalue weighted by Crippen LogP contribution is -2.54. The lowest BCUT2D eigenvalue weighted by atomic mass is 9.51. The minimum atomic E-state index is -1.92. The van der Waals surface area contributed by atoms with E-state index in [0.717, 1.165) is 19.3 Å². The van der Waals surface area contributed by atoms with E-state index in [2.05, 4.69) is 92.6 Å². The molecule has 2 unspecified atom stereocenters. The summed E-state index contributed by atoms with van der Waals surface area (Å²) < 4.78 is 14.2. The minimum Gasteiger partial charge on any atom is -0.413 e. The summed E-state index contributed by atoms with van der Waals surface area (Å²) in [4.78, 5) is 0. The van der Waals surface area contributed by atoms with Gasteiger partial charge in [0.1, 0.15) is 6.10 Å². The Hall–Kier alpha value is -0.386. The number of hydrogen-bond donors (Lipinski definition) is 1. The molecule has 3 saturated carbocycles. The summed E-state index contributed by atoms with van der Waals surface area (Å²) in [5, 5.41) is 9.67. The van der Waals surface area contributed by atoms with Crippen LogP contribution in [-0.2, 0) is 8.85 Å². The monoisotopic (exact) mass is 560 g/mol. The highest BCUT2D eigenvalue weighted by atomic mass is 28.4. The number of fused-ring (bicyclic) bond motifs is 1. The summed E-state index contributed by atoms with van der Waals surface area (Å²) >= 11 is 0. The first kappa shape index (κ1) is 32.1. The molecular formula is C33H60O3Si2. The predicted molar refractivity (Wildman–Crippen MR) is 167 cm³/mol. The van der Waals surface area contributed by atoms with Crippen molar-refractivity contribution >= 4 is 16.6 Å². The summed E-state index contributed by atoms with van der Waals surface area (Å²) in [5.74, 6) is 10.4. The van der Waals surface area contributed by atoms with E-state index < -0.39 is 16.6 Å². The van der Waals surface area contributed by atoms with Crippen LogP contribution in [0.25, 0.3) is 0 Å². The second-order valence-corrected chi connectivity index (χ2v) is 25.2. The van der Waals surface area contributed by atoms with E-state index in [4.69, 9.17) is 8.85 Å². The van der Waals surface area contributed by atoms with E-state index >= 15 is 0 Å². The van der Waals surface area contributed by atoms with Crippen molar-refractivity contribution in [2.75, 3.05) is 6.61 Å². The van der Waals surface area contributed by atoms with Crippen LogP contribution in [0.5, 0.6) is 0 Å². The van der Waals surface area contributed by atoms with Crippen LogP contribution in [0.3, 0.4) is 0 Å². The van der Waals surface area contributed by atoms with Gasteiger partial charge in [0, 0.05) is 12.5 Å². The molecule has 6 atom stereocenters. The first-order chi connectivity index (χ1) is 17.5. The Morgan fingerprint density at radius 2 is 1.55 bits per heavy atom. The van der Waals surface area contributed by atoms with Gasteiger partial charge in [-0.25, -0.2) is 0 Å². The Morgan fingerprint density at radius 3 is 2.11 bits per heavy atom. The van der Waals surface area contributed by atoms with Crippen molar-refractivity contribution in [3.8, 4) is 11.8 Å². The zero-order valence-electron chi connectivity index (χ0n) is 26.7. The molecule has 3 aliphatic carbocycles. The molecule has 0 spiro atoms. The fraction of sp³-hybridized carbons (Fsp3) is 0.879. The third kappa shape index (κ3) is 7.08. The lowest BCUT2D eigenvalue weighted by molar-refractivity contribution is -0.00746. The van der Waals surface area contributed by atoms with Crippen molar-refractivity contribution in [2.45, 2.75) is 148 Å². The van der Waals surface area contributed by atoms with Gasteiger partial charge in [0.2, 0.25) is 0 Å². The van der Waals surface area contributed by atoms with E-state index in [9.17, 15) is 5.11 Å². The number of unbranched alkanes of at least 4 members (excludes halogenated alkanes) is 1. The van der Waals surface area contributed by atoms with Crippen LogP contribution < -0.4 is 0 Å². The summed E-state index contributed by atoms with van der Waals surface area (Å²) in [7, 11) is -3.82. The van der Waals surface area contributed by atoms with Gasteiger partial charge in [0.25, 0.3) is 0 Å². The molecule has 0 aliphatic heterocycles. The SMILES string of the molecule is CC1/C(=C/CCCO)[C@H]2CC[C@@H](O[Si](C)(C)C(C)(C)C)[C@H](C#CC(O[Si](C)(C)C(C)(C)C)C3CCCC3)[C@@H]12. The van der Waals surface area contributed by atoms with E-state index in [1.54, 1.807) is 5.57 Å². The van der Waals surface area contributed by atoms with Crippen LogP contribution in [-0.4, -0.2) is 40.6 Å². The molecule has 0 heterocycles. The Bertz CT molecular complexity index is 877. The van der Waals surface area contributed by atoms with Crippen LogP contribution in [0, 0.1) is 41.4 Å². The summed E-state index contributed by atoms with van der Waals surface area (Å²) in [6.07, 6.45) is 12.0. The highest BCUT2D eigenvalue weighted by molar-refractivity contribution is 6.74. The Balaban J connectivity index is 1.94. The van der Waals surface area contributed by atoms with Gasteiger partial charge < -0.3 is 14.0 Å². The molecule has 38 heavy (non-hydrogen) atoms. The summed E-state index contributed by atoms with van der Waals surface area (Å²) in [5.41, 5.74) is 1.62. The Morgan fingerprint density at radius 1 is 0.947 bits per heavy atom. The van der Waals surface area contributed by atoms with Gasteiger partial charge in [-0.3, -0.25) is 0 Å². The molecule has 0 bridgehead atoms. The average molecular weight is 561 g/mol. The normalized spacial score (nSPS) is 30.9. The number of hydrogen-bond acceptors (Lipinski definition) is 3. The van der Waals surface area contributed by atoms with E-state index in [1.807, 2.05) is 0 Å². The smallest absolute Gasteiger partial charge is 0.193 e. The predicted octanol–water partition coefficient (Wildman–Crippen LogP) is 8.95. The quantitative estimate of drug-likeness (QED) is 0.139. The number of aliphatic hydroxyl groups excluding tert-OH is 1. The third-order valence-corrected chi connectivity index (χ3v) is 20.0. The molecule has 5 heteroatoms. The summed E-state index contributed by atoms with van der Waals surface area (Å²) in [6.45, 7) is 26.3. The van der Waals surface area contributed by atoms with Crippen molar-refractivity contribution in [3.63, 3.8) is 0 Å². The minimum absolute atomic E-state index is 0.0576. The molecular weight excluding hydrogens is 501 g/mol. The maximum Gasteiger partial charge on any atom is 0.193 e. The Labute approximate surface area is 238 Å². The van der Waals surface area contributed by atoms with E-state index in [1.165, 1.54) is 32.1 Å². The van der Waals surface area contributed by atoms with Crippen molar-refractivity contribution in [1.29, 1.82) is 0 Å². The fourth-order valence-corrected chi connectivity index (χ4v) is 9.07. The molecule has 0 aromatic heterocycles. The van der Waals surface area contributed by atoms with Crippen molar-refractivity contribution < 1.29 is 14.0 Å². The zero-order chi connectivity index (χ0) is 28.5. The van der Waals surface area contributed by atoms with Crippen LogP contribution in [0.15, 0.2) is 11.6 Å². The number of aliphatic hydroxyl groups is 1. The van der Waals surface area contributed by atoms with Gasteiger partial charge in [-0.1, -0.05) is 84.8 Å². The lowest BCUT2D eigenvalue weighted by Gasteiger charge is -2.55. The molecule has 218 valence electrons. The van der Waals surface area contributed by atoms with Crippen LogP contribution >= 0.6 is 0 Å². The van der Waals surface area contributed by atoms with Crippen molar-refractivity contribution in [2.24, 2.45) is 29.6 Å². The molecule has 3 fully saturated rings. The highest BCUT2D eigenvalue weighted by Crippen LogP contribution is 2.57. The van der Waals surface area contributed by atoms with Crippen molar-refractivity contribution in [1.82, 2.24) is 0 Å². The molecule has 0 aromatic rings.